The van der Waals surface area contributed by atoms with E-state index in [9.17, 15) is 0 Å². The first-order valence-electron chi connectivity index (χ1n) is 7.27. The van der Waals surface area contributed by atoms with Crippen molar-refractivity contribution >= 4 is 11.8 Å². The molecule has 0 aliphatic heterocycles. The van der Waals surface area contributed by atoms with E-state index in [0.29, 0.717) is 5.22 Å². The van der Waals surface area contributed by atoms with Crippen molar-refractivity contribution in [1.82, 2.24) is 10.3 Å². The van der Waals surface area contributed by atoms with Crippen molar-refractivity contribution in [2.45, 2.75) is 5.22 Å². The van der Waals surface area contributed by atoms with Crippen LogP contribution in [0, 0.1) is 0 Å². The zero-order valence-corrected chi connectivity index (χ0v) is 13.3. The molecule has 0 saturated heterocycles. The van der Waals surface area contributed by atoms with E-state index in [0.717, 1.165) is 34.9 Å². The number of aromatic nitrogens is 1. The Morgan fingerprint density at radius 3 is 2.23 bits per heavy atom. The molecule has 112 valence electrons. The molecule has 0 fully saturated rings. The second-order valence-electron chi connectivity index (χ2n) is 4.84. The smallest absolute Gasteiger partial charge is 0.256 e. The van der Waals surface area contributed by atoms with Crippen LogP contribution in [0.15, 0.2) is 70.3 Å². The minimum absolute atomic E-state index is 0.716. The third kappa shape index (κ3) is 3.40. The first kappa shape index (κ1) is 14.9. The van der Waals surface area contributed by atoms with Crippen LogP contribution < -0.4 is 5.32 Å². The molecular weight excluding hydrogens is 292 g/mol. The molecule has 0 aliphatic carbocycles. The van der Waals surface area contributed by atoms with Gasteiger partial charge < -0.3 is 9.73 Å². The van der Waals surface area contributed by atoms with Crippen molar-refractivity contribution in [3.8, 4) is 22.6 Å². The van der Waals surface area contributed by atoms with Gasteiger partial charge in [-0.05, 0) is 7.05 Å². The van der Waals surface area contributed by atoms with Crippen LogP contribution in [-0.4, -0.2) is 24.3 Å². The lowest BCUT2D eigenvalue weighted by Gasteiger charge is -2.00. The number of benzene rings is 2. The predicted octanol–water partition coefficient (Wildman–Crippen LogP) is 4.32. The fraction of sp³-hybridized carbons (Fsp3) is 0.167. The van der Waals surface area contributed by atoms with E-state index >= 15 is 0 Å². The van der Waals surface area contributed by atoms with Gasteiger partial charge in [-0.3, -0.25) is 0 Å². The Morgan fingerprint density at radius 2 is 1.59 bits per heavy atom. The van der Waals surface area contributed by atoms with E-state index in [-0.39, 0.29) is 0 Å². The highest BCUT2D eigenvalue weighted by Crippen LogP contribution is 2.35. The van der Waals surface area contributed by atoms with Gasteiger partial charge in [0, 0.05) is 23.4 Å². The average Bonchev–Trinajstić information content (AvgIpc) is 3.01. The number of hydrogen-bond acceptors (Lipinski definition) is 4. The highest BCUT2D eigenvalue weighted by atomic mass is 32.2. The lowest BCUT2D eigenvalue weighted by atomic mass is 10.1. The average molecular weight is 310 g/mol. The maximum absolute atomic E-state index is 6.03. The molecule has 0 amide bonds. The molecule has 1 N–H and O–H groups in total. The Kier molecular flexibility index (Phi) is 4.93. The van der Waals surface area contributed by atoms with Gasteiger partial charge in [0.05, 0.1) is 0 Å². The van der Waals surface area contributed by atoms with Gasteiger partial charge in [-0.25, -0.2) is 4.98 Å². The van der Waals surface area contributed by atoms with Crippen molar-refractivity contribution in [2.24, 2.45) is 0 Å². The lowest BCUT2D eigenvalue weighted by molar-refractivity contribution is 0.466. The van der Waals surface area contributed by atoms with Crippen molar-refractivity contribution in [2.75, 3.05) is 19.3 Å². The third-order valence-electron chi connectivity index (χ3n) is 3.27. The van der Waals surface area contributed by atoms with Gasteiger partial charge in [0.1, 0.15) is 5.69 Å². The maximum Gasteiger partial charge on any atom is 0.256 e. The summed E-state index contributed by atoms with van der Waals surface area (Å²) < 4.78 is 6.03. The largest absolute Gasteiger partial charge is 0.431 e. The molecule has 0 radical (unpaired) electrons. The Hall–Kier alpha value is -2.04. The summed E-state index contributed by atoms with van der Waals surface area (Å²) in [4.78, 5) is 4.70. The molecule has 0 unspecified atom stereocenters. The van der Waals surface area contributed by atoms with Crippen molar-refractivity contribution in [3.63, 3.8) is 0 Å². The van der Waals surface area contributed by atoms with Crippen molar-refractivity contribution < 1.29 is 4.42 Å². The van der Waals surface area contributed by atoms with Gasteiger partial charge in [0.25, 0.3) is 5.22 Å². The number of nitrogens with one attached hydrogen (secondary N) is 1. The Bertz CT molecular complexity index is 653. The highest BCUT2D eigenvalue weighted by molar-refractivity contribution is 7.99. The van der Waals surface area contributed by atoms with Crippen LogP contribution in [0.25, 0.3) is 22.6 Å². The summed E-state index contributed by atoms with van der Waals surface area (Å²) in [6.45, 7) is 0.925. The van der Waals surface area contributed by atoms with Gasteiger partial charge >= 0.3 is 0 Å². The third-order valence-corrected chi connectivity index (χ3v) is 4.10. The number of rotatable bonds is 6. The molecule has 22 heavy (non-hydrogen) atoms. The maximum atomic E-state index is 6.03. The van der Waals surface area contributed by atoms with E-state index < -0.39 is 0 Å². The Labute approximate surface area is 134 Å². The van der Waals surface area contributed by atoms with Crippen LogP contribution in [0.4, 0.5) is 0 Å². The van der Waals surface area contributed by atoms with Crippen LogP contribution >= 0.6 is 11.8 Å². The summed E-state index contributed by atoms with van der Waals surface area (Å²) >= 11 is 1.63. The van der Waals surface area contributed by atoms with E-state index in [1.807, 2.05) is 43.4 Å². The normalized spacial score (nSPS) is 10.8. The minimum atomic E-state index is 0.716. The minimum Gasteiger partial charge on any atom is -0.431 e. The van der Waals surface area contributed by atoms with Gasteiger partial charge in [0.15, 0.2) is 5.76 Å². The molecule has 0 spiro atoms. The quantitative estimate of drug-likeness (QED) is 0.543. The zero-order valence-electron chi connectivity index (χ0n) is 12.5. The van der Waals surface area contributed by atoms with E-state index in [2.05, 4.69) is 29.6 Å². The van der Waals surface area contributed by atoms with E-state index in [1.165, 1.54) is 0 Å². The van der Waals surface area contributed by atoms with Gasteiger partial charge in [0.2, 0.25) is 0 Å². The summed E-state index contributed by atoms with van der Waals surface area (Å²) in [6.07, 6.45) is 0. The number of nitrogens with zero attached hydrogens (tertiary/aromatic N) is 1. The first-order chi connectivity index (χ1) is 10.9. The van der Waals surface area contributed by atoms with Crippen LogP contribution in [0.3, 0.4) is 0 Å². The summed E-state index contributed by atoms with van der Waals surface area (Å²) in [6, 6.07) is 20.3. The molecule has 2 aromatic carbocycles. The van der Waals surface area contributed by atoms with Crippen LogP contribution in [0.2, 0.25) is 0 Å². The number of oxazole rings is 1. The van der Waals surface area contributed by atoms with Gasteiger partial charge in [-0.15, -0.1) is 0 Å². The van der Waals surface area contributed by atoms with Gasteiger partial charge in [-0.1, -0.05) is 72.4 Å². The predicted molar refractivity (Wildman–Crippen MR) is 92.0 cm³/mol. The number of hydrogen-bond donors (Lipinski definition) is 1. The first-order valence-corrected chi connectivity index (χ1v) is 8.26. The van der Waals surface area contributed by atoms with E-state index in [4.69, 9.17) is 9.40 Å². The molecule has 4 heteroatoms. The van der Waals surface area contributed by atoms with Crippen LogP contribution in [0.1, 0.15) is 0 Å². The molecule has 0 saturated carbocycles. The SMILES string of the molecule is CNCCSc1nc(-c2ccccc2)c(-c2ccccc2)o1. The Morgan fingerprint density at radius 1 is 0.955 bits per heavy atom. The second-order valence-corrected chi connectivity index (χ2v) is 5.89. The van der Waals surface area contributed by atoms with E-state index in [1.54, 1.807) is 11.8 Å². The lowest BCUT2D eigenvalue weighted by Crippen LogP contribution is -2.09. The summed E-state index contributed by atoms with van der Waals surface area (Å²) in [5.41, 5.74) is 3.03. The number of thioether (sulfide) groups is 1. The van der Waals surface area contributed by atoms with Gasteiger partial charge in [-0.2, -0.15) is 0 Å². The van der Waals surface area contributed by atoms with Crippen LogP contribution in [-0.2, 0) is 0 Å². The second kappa shape index (κ2) is 7.29. The zero-order chi connectivity index (χ0) is 15.2. The summed E-state index contributed by atoms with van der Waals surface area (Å²) in [7, 11) is 1.95. The topological polar surface area (TPSA) is 38.1 Å². The van der Waals surface area contributed by atoms with Crippen molar-refractivity contribution in [3.05, 3.63) is 60.7 Å². The molecule has 1 heterocycles. The molecule has 0 atom stereocenters. The summed E-state index contributed by atoms with van der Waals surface area (Å²) in [5, 5.41) is 3.85. The molecule has 3 rings (SSSR count). The highest BCUT2D eigenvalue weighted by Gasteiger charge is 2.16. The van der Waals surface area contributed by atoms with Crippen LogP contribution in [0.5, 0.6) is 0 Å². The molecule has 3 nitrogen and oxygen atoms in total. The molecular formula is C18H18N2OS. The Balaban J connectivity index is 1.99. The monoisotopic (exact) mass is 310 g/mol. The molecule has 0 aliphatic rings. The summed E-state index contributed by atoms with van der Waals surface area (Å²) in [5.74, 6) is 1.76. The van der Waals surface area contributed by atoms with Crippen molar-refractivity contribution in [1.29, 1.82) is 0 Å². The fourth-order valence-electron chi connectivity index (χ4n) is 2.18. The fourth-order valence-corrected chi connectivity index (χ4v) is 2.96. The molecule has 3 aromatic rings. The standard InChI is InChI=1S/C18H18N2OS/c1-19-12-13-22-18-20-16(14-8-4-2-5-9-14)17(21-18)15-10-6-3-7-11-15/h2-11,19H,12-13H2,1H3. The molecule has 1 aromatic heterocycles. The molecule has 0 bridgehead atoms.